The Morgan fingerprint density at radius 3 is 1.29 bits per heavy atom. The Hall–Kier alpha value is -5.02. The number of alkyl halides is 3. The van der Waals surface area contributed by atoms with Crippen molar-refractivity contribution in [2.24, 2.45) is 0 Å². The van der Waals surface area contributed by atoms with Crippen molar-refractivity contribution in [2.75, 3.05) is 24.9 Å². The number of benzene rings is 4. The first-order chi connectivity index (χ1) is 25.8. The quantitative estimate of drug-likeness (QED) is 0.175. The Morgan fingerprint density at radius 2 is 0.945 bits per heavy atom. The van der Waals surface area contributed by atoms with E-state index in [0.717, 1.165) is 68.3 Å². The second-order valence-electron chi connectivity index (χ2n) is 15.1. The Balaban J connectivity index is 0.000000212. The minimum atomic E-state index is -4.46. The Bertz CT molecular complexity index is 2140. The molecule has 0 atom stereocenters. The predicted molar refractivity (Wildman–Crippen MR) is 218 cm³/mol. The number of anilines is 2. The molecule has 2 aliphatic heterocycles. The maximum absolute atomic E-state index is 13.0. The minimum Gasteiger partial charge on any atom is -0.496 e. The summed E-state index contributed by atoms with van der Waals surface area (Å²) in [7, 11) is 3.36. The van der Waals surface area contributed by atoms with Gasteiger partial charge in [0.1, 0.15) is 11.5 Å². The van der Waals surface area contributed by atoms with Crippen LogP contribution in [-0.4, -0.2) is 26.0 Å². The summed E-state index contributed by atoms with van der Waals surface area (Å²) in [5, 5.41) is 6.05. The smallest absolute Gasteiger partial charge is 0.416 e. The average molecular weight is 773 g/mol. The third-order valence-corrected chi connectivity index (χ3v) is 9.99. The number of carbonyl (C=O) groups excluding carboxylic acids is 2. The minimum absolute atomic E-state index is 0.102. The van der Waals surface area contributed by atoms with Crippen LogP contribution in [-0.2, 0) is 15.8 Å². The molecule has 2 amide bonds. The molecule has 6 nitrogen and oxygen atoms in total. The molecule has 0 bridgehead atoms. The van der Waals surface area contributed by atoms with Crippen molar-refractivity contribution in [3.63, 3.8) is 0 Å². The number of carbonyl (C=O) groups is 2. The molecule has 0 unspecified atom stereocenters. The van der Waals surface area contributed by atoms with E-state index in [0.29, 0.717) is 33.6 Å². The standard InChI is InChI=1S/C23H24F3NO2.C22H24ClNO2/c1-12(2)17-8-14(9-18(13(3)4)21(17)29-5)10-19-16-7-6-15(23(24,25)26)11-20(16)27-22(19)28;1-12(2)17-8-14(9-18(13(3)4)21(17)26-5)10-19-16-7-6-15(23)11-20(16)24-22(19)25/h6-13H,1-5H3,(H,27,28);6-13H,1-5H3,(H,24,25). The number of hydrogen-bond donors (Lipinski definition) is 2. The molecule has 10 heteroatoms. The fourth-order valence-electron chi connectivity index (χ4n) is 6.91. The monoisotopic (exact) mass is 772 g/mol. The summed E-state index contributed by atoms with van der Waals surface area (Å²) in [6.07, 6.45) is -0.779. The second kappa shape index (κ2) is 16.4. The summed E-state index contributed by atoms with van der Waals surface area (Å²) in [6, 6.07) is 17.0. The first-order valence-corrected chi connectivity index (χ1v) is 18.7. The van der Waals surface area contributed by atoms with E-state index in [4.69, 9.17) is 21.1 Å². The molecule has 0 saturated carbocycles. The van der Waals surface area contributed by atoms with E-state index in [-0.39, 0.29) is 23.4 Å². The van der Waals surface area contributed by atoms with Crippen LogP contribution in [0, 0.1) is 0 Å². The number of hydrogen-bond acceptors (Lipinski definition) is 4. The largest absolute Gasteiger partial charge is 0.496 e. The predicted octanol–water partition coefficient (Wildman–Crippen LogP) is 12.5. The summed E-state index contributed by atoms with van der Waals surface area (Å²) >= 11 is 6.04. The lowest BCUT2D eigenvalue weighted by Gasteiger charge is -2.19. The van der Waals surface area contributed by atoms with Gasteiger partial charge in [-0.15, -0.1) is 0 Å². The van der Waals surface area contributed by atoms with Crippen molar-refractivity contribution in [1.82, 2.24) is 0 Å². The Kier molecular flexibility index (Phi) is 12.3. The molecule has 6 rings (SSSR count). The van der Waals surface area contributed by atoms with E-state index >= 15 is 0 Å². The summed E-state index contributed by atoms with van der Waals surface area (Å²) in [5.41, 5.74) is 8.69. The summed E-state index contributed by atoms with van der Waals surface area (Å²) in [6.45, 7) is 16.9. The summed E-state index contributed by atoms with van der Waals surface area (Å²) in [4.78, 5) is 24.9. The highest BCUT2D eigenvalue weighted by molar-refractivity contribution is 6.37. The van der Waals surface area contributed by atoms with Gasteiger partial charge in [0, 0.05) is 33.0 Å². The van der Waals surface area contributed by atoms with Crippen LogP contribution in [0.1, 0.15) is 129 Å². The average Bonchev–Trinajstić information content (AvgIpc) is 3.59. The number of methoxy groups -OCH3 is 2. The molecule has 0 saturated heterocycles. The van der Waals surface area contributed by atoms with Gasteiger partial charge in [-0.3, -0.25) is 9.59 Å². The number of ether oxygens (including phenoxy) is 2. The third kappa shape index (κ3) is 8.78. The van der Waals surface area contributed by atoms with E-state index in [9.17, 15) is 22.8 Å². The summed E-state index contributed by atoms with van der Waals surface area (Å²) < 4.78 is 50.2. The van der Waals surface area contributed by atoms with Gasteiger partial charge in [0.2, 0.25) is 0 Å². The van der Waals surface area contributed by atoms with Gasteiger partial charge in [-0.1, -0.05) is 79.1 Å². The molecule has 2 N–H and O–H groups in total. The fourth-order valence-corrected chi connectivity index (χ4v) is 7.08. The van der Waals surface area contributed by atoms with E-state index in [1.165, 1.54) is 6.07 Å². The normalized spacial score (nSPS) is 15.1. The zero-order valence-corrected chi connectivity index (χ0v) is 33.6. The summed E-state index contributed by atoms with van der Waals surface area (Å²) in [5.74, 6) is 2.33. The molecule has 4 aromatic rings. The molecule has 55 heavy (non-hydrogen) atoms. The SMILES string of the molecule is COc1c(C(C)C)cc(C=C2C(=O)Nc3cc(C(F)(F)F)ccc32)cc1C(C)C.COc1c(C(C)C)cc(C=C2C(=O)Nc3cc(Cl)ccc32)cc1C(C)C. The van der Waals surface area contributed by atoms with Crippen LogP contribution in [0.25, 0.3) is 23.3 Å². The van der Waals surface area contributed by atoms with Gasteiger partial charge in [-0.2, -0.15) is 13.2 Å². The van der Waals surface area contributed by atoms with Crippen molar-refractivity contribution in [1.29, 1.82) is 0 Å². The van der Waals surface area contributed by atoms with Crippen LogP contribution in [0.2, 0.25) is 5.02 Å². The molecular weight excluding hydrogens is 725 g/mol. The topological polar surface area (TPSA) is 76.7 Å². The van der Waals surface area contributed by atoms with Crippen molar-refractivity contribution in [2.45, 2.75) is 85.2 Å². The highest BCUT2D eigenvalue weighted by Gasteiger charge is 2.34. The lowest BCUT2D eigenvalue weighted by atomic mass is 9.90. The van der Waals surface area contributed by atoms with E-state index in [1.54, 1.807) is 26.4 Å². The zero-order valence-electron chi connectivity index (χ0n) is 32.9. The molecule has 290 valence electrons. The maximum atomic E-state index is 13.0. The molecule has 2 heterocycles. The lowest BCUT2D eigenvalue weighted by Crippen LogP contribution is -2.06. The molecule has 2 aliphatic rings. The highest BCUT2D eigenvalue weighted by atomic mass is 35.5. The van der Waals surface area contributed by atoms with Crippen LogP contribution in [0.5, 0.6) is 11.5 Å². The number of fused-ring (bicyclic) bond motifs is 2. The number of rotatable bonds is 8. The Labute approximate surface area is 326 Å². The van der Waals surface area contributed by atoms with Crippen molar-refractivity contribution < 1.29 is 32.2 Å². The second-order valence-corrected chi connectivity index (χ2v) is 15.5. The van der Waals surface area contributed by atoms with E-state index in [2.05, 4.69) is 78.2 Å². The van der Waals surface area contributed by atoms with Gasteiger partial charge in [0.15, 0.2) is 0 Å². The first-order valence-electron chi connectivity index (χ1n) is 18.4. The van der Waals surface area contributed by atoms with Gasteiger partial charge in [0.25, 0.3) is 11.8 Å². The van der Waals surface area contributed by atoms with Crippen molar-refractivity contribution >= 4 is 58.1 Å². The van der Waals surface area contributed by atoms with Gasteiger partial charge < -0.3 is 20.1 Å². The van der Waals surface area contributed by atoms with Gasteiger partial charge >= 0.3 is 6.18 Å². The highest BCUT2D eigenvalue weighted by Crippen LogP contribution is 2.42. The molecule has 4 aromatic carbocycles. The van der Waals surface area contributed by atoms with E-state index in [1.807, 2.05) is 30.3 Å². The first kappa shape index (κ1) is 41.1. The number of halogens is 4. The van der Waals surface area contributed by atoms with Gasteiger partial charge in [-0.25, -0.2) is 0 Å². The van der Waals surface area contributed by atoms with Crippen LogP contribution in [0.3, 0.4) is 0 Å². The fraction of sp³-hybridized carbons (Fsp3) is 0.333. The third-order valence-electron chi connectivity index (χ3n) is 9.75. The Morgan fingerprint density at radius 1 is 0.582 bits per heavy atom. The maximum Gasteiger partial charge on any atom is 0.416 e. The van der Waals surface area contributed by atoms with Crippen molar-refractivity contribution in [3.05, 3.63) is 116 Å². The van der Waals surface area contributed by atoms with Crippen LogP contribution < -0.4 is 20.1 Å². The van der Waals surface area contributed by atoms with Crippen LogP contribution in [0.15, 0.2) is 60.7 Å². The van der Waals surface area contributed by atoms with Gasteiger partial charge in [0.05, 0.1) is 25.5 Å². The van der Waals surface area contributed by atoms with Gasteiger partial charge in [-0.05, 0) is 118 Å². The van der Waals surface area contributed by atoms with E-state index < -0.39 is 17.6 Å². The lowest BCUT2D eigenvalue weighted by molar-refractivity contribution is -0.137. The molecular formula is C45H48ClF3N2O4. The van der Waals surface area contributed by atoms with Crippen LogP contribution in [0.4, 0.5) is 24.5 Å². The molecule has 0 spiro atoms. The number of amides is 2. The van der Waals surface area contributed by atoms with Crippen LogP contribution >= 0.6 is 11.6 Å². The molecule has 0 aliphatic carbocycles. The van der Waals surface area contributed by atoms with Crippen molar-refractivity contribution in [3.8, 4) is 11.5 Å². The molecule has 0 fully saturated rings. The number of nitrogens with one attached hydrogen (secondary N) is 2. The zero-order chi connectivity index (χ0) is 40.5. The molecule has 0 aromatic heterocycles. The molecule has 0 radical (unpaired) electrons.